The van der Waals surface area contributed by atoms with Crippen molar-refractivity contribution in [3.05, 3.63) is 84.6 Å². The third-order valence-electron chi connectivity index (χ3n) is 3.66. The van der Waals surface area contributed by atoms with Gasteiger partial charge in [-0.1, -0.05) is 69.5 Å². The average Bonchev–Trinajstić information content (AvgIpc) is 2.48. The minimum Gasteiger partial charge on any atom is -0.466 e. The summed E-state index contributed by atoms with van der Waals surface area (Å²) in [6.45, 7) is 11.8. The molecule has 102 valence electrons. The van der Waals surface area contributed by atoms with Crippen molar-refractivity contribution in [3.63, 3.8) is 0 Å². The Kier molecular flexibility index (Phi) is 4.09. The molecule has 0 saturated heterocycles. The van der Waals surface area contributed by atoms with Crippen LogP contribution in [0.15, 0.2) is 68.0 Å². The van der Waals surface area contributed by atoms with Crippen LogP contribution in [0.2, 0.25) is 0 Å². The lowest BCUT2D eigenvalue weighted by Gasteiger charge is -2.26. The maximum Gasteiger partial charge on any atom is 0.126 e. The van der Waals surface area contributed by atoms with Gasteiger partial charge in [0.05, 0.1) is 6.26 Å². The van der Waals surface area contributed by atoms with E-state index in [4.69, 9.17) is 4.74 Å². The molecule has 0 spiro atoms. The van der Waals surface area contributed by atoms with E-state index in [9.17, 15) is 0 Å². The van der Waals surface area contributed by atoms with E-state index < -0.39 is 0 Å². The van der Waals surface area contributed by atoms with E-state index in [1.807, 2.05) is 18.2 Å². The molecule has 1 nitrogen and oxygen atoms in total. The van der Waals surface area contributed by atoms with E-state index in [-0.39, 0.29) is 5.41 Å². The van der Waals surface area contributed by atoms with Crippen molar-refractivity contribution < 1.29 is 4.74 Å². The van der Waals surface area contributed by atoms with Crippen molar-refractivity contribution >= 4 is 6.08 Å². The van der Waals surface area contributed by atoms with Crippen LogP contribution >= 0.6 is 0 Å². The predicted molar refractivity (Wildman–Crippen MR) is 85.9 cm³/mol. The molecular formula is C19H20O. The zero-order chi connectivity index (χ0) is 14.6. The molecular weight excluding hydrogens is 244 g/mol. The summed E-state index contributed by atoms with van der Waals surface area (Å²) in [4.78, 5) is 0. The number of benzene rings is 2. The molecule has 0 heterocycles. The first-order chi connectivity index (χ1) is 9.57. The summed E-state index contributed by atoms with van der Waals surface area (Å²) in [5, 5.41) is 0. The van der Waals surface area contributed by atoms with Gasteiger partial charge < -0.3 is 4.74 Å². The summed E-state index contributed by atoms with van der Waals surface area (Å²) in [5.41, 5.74) is 3.62. The Bertz CT molecular complexity index is 589. The first-order valence-corrected chi connectivity index (χ1v) is 6.69. The number of ether oxygens (including phenoxy) is 1. The smallest absolute Gasteiger partial charge is 0.126 e. The van der Waals surface area contributed by atoms with Gasteiger partial charge in [-0.3, -0.25) is 0 Å². The fraction of sp³-hybridized carbons (Fsp3) is 0.158. The van der Waals surface area contributed by atoms with Gasteiger partial charge in [0.25, 0.3) is 0 Å². The van der Waals surface area contributed by atoms with Crippen molar-refractivity contribution in [1.29, 1.82) is 0 Å². The van der Waals surface area contributed by atoms with Gasteiger partial charge >= 0.3 is 0 Å². The highest BCUT2D eigenvalue weighted by Gasteiger charge is 2.22. The van der Waals surface area contributed by atoms with E-state index in [1.165, 1.54) is 17.4 Å². The van der Waals surface area contributed by atoms with Crippen molar-refractivity contribution in [2.24, 2.45) is 0 Å². The van der Waals surface area contributed by atoms with Crippen LogP contribution in [0.1, 0.15) is 30.5 Å². The molecule has 2 aromatic carbocycles. The highest BCUT2D eigenvalue weighted by atomic mass is 16.5. The maximum atomic E-state index is 5.26. The quantitative estimate of drug-likeness (QED) is 0.676. The Hall–Kier alpha value is -2.28. The monoisotopic (exact) mass is 264 g/mol. The molecule has 0 aromatic heterocycles. The van der Waals surface area contributed by atoms with Gasteiger partial charge in [-0.25, -0.2) is 0 Å². The zero-order valence-corrected chi connectivity index (χ0v) is 12.1. The lowest BCUT2D eigenvalue weighted by atomic mass is 9.78. The van der Waals surface area contributed by atoms with Gasteiger partial charge in [-0.05, 0) is 28.8 Å². The molecule has 2 aromatic rings. The van der Waals surface area contributed by atoms with Crippen LogP contribution in [0.5, 0.6) is 5.75 Å². The molecule has 0 unspecified atom stereocenters. The molecule has 0 N–H and O–H groups in total. The summed E-state index contributed by atoms with van der Waals surface area (Å²) in [6, 6.07) is 16.6. The molecule has 20 heavy (non-hydrogen) atoms. The van der Waals surface area contributed by atoms with Gasteiger partial charge in [-0.15, -0.1) is 0 Å². The Morgan fingerprint density at radius 1 is 0.850 bits per heavy atom. The van der Waals surface area contributed by atoms with Crippen LogP contribution in [0.3, 0.4) is 0 Å². The summed E-state index contributed by atoms with van der Waals surface area (Å²) in [7, 11) is 0. The second-order valence-electron chi connectivity index (χ2n) is 5.26. The summed E-state index contributed by atoms with van der Waals surface area (Å²) in [5.74, 6) is 0.807. The molecule has 0 bridgehead atoms. The van der Waals surface area contributed by atoms with Gasteiger partial charge in [0, 0.05) is 5.41 Å². The molecule has 1 heteroatoms. The topological polar surface area (TPSA) is 9.23 Å². The first-order valence-electron chi connectivity index (χ1n) is 6.69. The number of rotatable bonds is 5. The molecule has 0 fully saturated rings. The molecule has 0 aliphatic carbocycles. The van der Waals surface area contributed by atoms with Crippen LogP contribution in [0.25, 0.3) is 6.08 Å². The molecule has 0 radical (unpaired) electrons. The number of hydrogen-bond donors (Lipinski definition) is 0. The molecule has 0 atom stereocenters. The fourth-order valence-electron chi connectivity index (χ4n) is 2.25. The van der Waals surface area contributed by atoms with Crippen LogP contribution in [-0.4, -0.2) is 0 Å². The molecule has 0 saturated carbocycles. The van der Waals surface area contributed by atoms with Crippen molar-refractivity contribution in [3.8, 4) is 5.75 Å². The molecule has 2 rings (SSSR count). The third kappa shape index (κ3) is 2.83. The molecule has 0 aliphatic heterocycles. The highest BCUT2D eigenvalue weighted by molar-refractivity contribution is 5.49. The minimum atomic E-state index is -0.0492. The summed E-state index contributed by atoms with van der Waals surface area (Å²) < 4.78 is 5.26. The van der Waals surface area contributed by atoms with Gasteiger partial charge in [0.2, 0.25) is 0 Å². The third-order valence-corrected chi connectivity index (χ3v) is 3.66. The second-order valence-corrected chi connectivity index (χ2v) is 5.26. The standard InChI is InChI=1S/C19H20O/c1-5-15-7-9-16(10-8-15)19(3,4)17-11-13-18(14-12-17)20-6-2/h5-14H,1-2H2,3-4H3. The Morgan fingerprint density at radius 2 is 1.35 bits per heavy atom. The van der Waals surface area contributed by atoms with Gasteiger partial charge in [0.1, 0.15) is 5.75 Å². The van der Waals surface area contributed by atoms with Crippen molar-refractivity contribution in [2.75, 3.05) is 0 Å². The lowest BCUT2D eigenvalue weighted by Crippen LogP contribution is -2.18. The van der Waals surface area contributed by atoms with Crippen molar-refractivity contribution in [2.45, 2.75) is 19.3 Å². The normalized spacial score (nSPS) is 10.9. The zero-order valence-electron chi connectivity index (χ0n) is 12.1. The SMILES string of the molecule is C=COc1ccc(C(C)(C)c2ccc(C=C)cc2)cc1. The predicted octanol–water partition coefficient (Wildman–Crippen LogP) is 5.18. The van der Waals surface area contributed by atoms with E-state index in [0.717, 1.165) is 11.3 Å². The van der Waals surface area contributed by atoms with E-state index in [2.05, 4.69) is 63.4 Å². The highest BCUT2D eigenvalue weighted by Crippen LogP contribution is 2.32. The first kappa shape index (κ1) is 14.1. The Morgan fingerprint density at radius 3 is 1.80 bits per heavy atom. The van der Waals surface area contributed by atoms with Crippen LogP contribution in [0, 0.1) is 0 Å². The maximum absolute atomic E-state index is 5.26. The fourth-order valence-corrected chi connectivity index (χ4v) is 2.25. The Labute approximate surface area is 121 Å². The van der Waals surface area contributed by atoms with Crippen molar-refractivity contribution in [1.82, 2.24) is 0 Å². The van der Waals surface area contributed by atoms with Crippen LogP contribution in [-0.2, 0) is 5.41 Å². The minimum absolute atomic E-state index is 0.0492. The second kappa shape index (κ2) is 5.79. The number of hydrogen-bond acceptors (Lipinski definition) is 1. The van der Waals surface area contributed by atoms with Crippen LogP contribution < -0.4 is 4.74 Å². The lowest BCUT2D eigenvalue weighted by molar-refractivity contribution is 0.482. The van der Waals surface area contributed by atoms with Gasteiger partial charge in [-0.2, -0.15) is 0 Å². The Balaban J connectivity index is 2.32. The van der Waals surface area contributed by atoms with E-state index >= 15 is 0 Å². The largest absolute Gasteiger partial charge is 0.466 e. The molecule has 0 amide bonds. The van der Waals surface area contributed by atoms with Gasteiger partial charge in [0.15, 0.2) is 0 Å². The van der Waals surface area contributed by atoms with E-state index in [0.29, 0.717) is 0 Å². The summed E-state index contributed by atoms with van der Waals surface area (Å²) >= 11 is 0. The summed E-state index contributed by atoms with van der Waals surface area (Å²) in [6.07, 6.45) is 3.30. The van der Waals surface area contributed by atoms with Crippen LogP contribution in [0.4, 0.5) is 0 Å². The van der Waals surface area contributed by atoms with E-state index in [1.54, 1.807) is 0 Å². The molecule has 0 aliphatic rings. The average molecular weight is 264 g/mol.